The summed E-state index contributed by atoms with van der Waals surface area (Å²) in [4.78, 5) is 0. The van der Waals surface area contributed by atoms with Crippen LogP contribution in [-0.2, 0) is 25.9 Å². The van der Waals surface area contributed by atoms with Crippen LogP contribution in [0, 0.1) is 0 Å². The minimum absolute atomic E-state index is 0.177. The highest BCUT2D eigenvalue weighted by Gasteiger charge is 2.29. The number of rotatable bonds is 3. The van der Waals surface area contributed by atoms with Crippen LogP contribution >= 0.6 is 10.7 Å². The van der Waals surface area contributed by atoms with Crippen molar-refractivity contribution in [3.05, 3.63) is 5.82 Å². The maximum absolute atomic E-state index is 11.3. The molecule has 0 radical (unpaired) electrons. The lowest BCUT2D eigenvalue weighted by Gasteiger charge is -2.23. The fourth-order valence-corrected chi connectivity index (χ4v) is 2.39. The third kappa shape index (κ3) is 2.72. The van der Waals surface area contributed by atoms with Crippen molar-refractivity contribution in [2.24, 2.45) is 0 Å². The topological polar surface area (TPSA) is 74.1 Å². The second kappa shape index (κ2) is 4.31. The first-order valence-corrected chi connectivity index (χ1v) is 6.87. The van der Waals surface area contributed by atoms with Gasteiger partial charge in [-0.25, -0.2) is 8.42 Å². The van der Waals surface area contributed by atoms with Crippen LogP contribution in [0.15, 0.2) is 5.16 Å². The average Bonchev–Trinajstić information content (AvgIpc) is 2.46. The van der Waals surface area contributed by atoms with E-state index in [9.17, 15) is 8.42 Å². The summed E-state index contributed by atoms with van der Waals surface area (Å²) in [5.74, 6) is 0.425. The predicted molar refractivity (Wildman–Crippen MR) is 58.8 cm³/mol. The SMILES string of the molecule is COCc1nnc(S(=O)(=O)Cl)n1C(C)(C)C. The molecule has 0 amide bonds. The third-order valence-corrected chi connectivity index (χ3v) is 2.98. The Bertz CT molecular complexity index is 475. The van der Waals surface area contributed by atoms with Gasteiger partial charge in [0, 0.05) is 23.3 Å². The van der Waals surface area contributed by atoms with Crippen molar-refractivity contribution in [1.82, 2.24) is 14.8 Å². The Kier molecular flexibility index (Phi) is 3.61. The molecule has 0 N–H and O–H groups in total. The molecule has 0 aliphatic carbocycles. The summed E-state index contributed by atoms with van der Waals surface area (Å²) >= 11 is 0. The van der Waals surface area contributed by atoms with Crippen LogP contribution in [0.3, 0.4) is 0 Å². The molecule has 92 valence electrons. The van der Waals surface area contributed by atoms with Gasteiger partial charge in [-0.2, -0.15) is 0 Å². The van der Waals surface area contributed by atoms with Gasteiger partial charge in [-0.1, -0.05) is 0 Å². The molecule has 0 atom stereocenters. The third-order valence-electron chi connectivity index (χ3n) is 1.86. The molecule has 16 heavy (non-hydrogen) atoms. The molecule has 1 rings (SSSR count). The Morgan fingerprint density at radius 1 is 1.38 bits per heavy atom. The average molecular weight is 268 g/mol. The van der Waals surface area contributed by atoms with Crippen LogP contribution in [0.5, 0.6) is 0 Å². The van der Waals surface area contributed by atoms with Gasteiger partial charge in [0.1, 0.15) is 6.61 Å². The standard InChI is InChI=1S/C8H14ClN3O3S/c1-8(2,3)12-6(5-15-4)10-11-7(12)16(9,13)14/h5H2,1-4H3. The number of halogens is 1. The highest BCUT2D eigenvalue weighted by molar-refractivity contribution is 8.13. The molecule has 0 fully saturated rings. The number of aromatic nitrogens is 3. The maximum Gasteiger partial charge on any atom is 0.296 e. The van der Waals surface area contributed by atoms with Crippen LogP contribution in [0.4, 0.5) is 0 Å². The number of methoxy groups -OCH3 is 1. The second-order valence-corrected chi connectivity index (χ2v) is 6.74. The Hall–Kier alpha value is -0.660. The summed E-state index contributed by atoms with van der Waals surface area (Å²) < 4.78 is 29.0. The Morgan fingerprint density at radius 2 is 1.94 bits per heavy atom. The molecule has 1 aromatic heterocycles. The molecule has 0 bridgehead atoms. The molecule has 0 unspecified atom stereocenters. The monoisotopic (exact) mass is 267 g/mol. The number of ether oxygens (including phenoxy) is 1. The van der Waals surface area contributed by atoms with Crippen LogP contribution < -0.4 is 0 Å². The molecule has 0 aliphatic rings. The van der Waals surface area contributed by atoms with Crippen LogP contribution in [-0.4, -0.2) is 30.3 Å². The van der Waals surface area contributed by atoms with E-state index in [0.717, 1.165) is 0 Å². The lowest BCUT2D eigenvalue weighted by Crippen LogP contribution is -2.27. The summed E-state index contributed by atoms with van der Waals surface area (Å²) in [6.45, 7) is 5.68. The lowest BCUT2D eigenvalue weighted by atomic mass is 10.1. The van der Waals surface area contributed by atoms with E-state index in [-0.39, 0.29) is 11.8 Å². The predicted octanol–water partition coefficient (Wildman–Crippen LogP) is 1.11. The number of hydrogen-bond acceptors (Lipinski definition) is 5. The van der Waals surface area contributed by atoms with Crippen molar-refractivity contribution >= 4 is 19.7 Å². The largest absolute Gasteiger partial charge is 0.377 e. The molecular weight excluding hydrogens is 254 g/mol. The molecule has 6 nitrogen and oxygen atoms in total. The Morgan fingerprint density at radius 3 is 2.31 bits per heavy atom. The summed E-state index contributed by atoms with van der Waals surface area (Å²) in [6, 6.07) is 0. The minimum atomic E-state index is -3.91. The first-order chi connectivity index (χ1) is 7.18. The smallest absolute Gasteiger partial charge is 0.296 e. The Labute approximate surface area is 99.0 Å². The van der Waals surface area contributed by atoms with Gasteiger partial charge in [0.05, 0.1) is 0 Å². The van der Waals surface area contributed by atoms with E-state index in [0.29, 0.717) is 5.82 Å². The lowest BCUT2D eigenvalue weighted by molar-refractivity contribution is 0.166. The van der Waals surface area contributed by atoms with E-state index < -0.39 is 14.6 Å². The van der Waals surface area contributed by atoms with Crippen LogP contribution in [0.2, 0.25) is 0 Å². The van der Waals surface area contributed by atoms with Crippen LogP contribution in [0.25, 0.3) is 0 Å². The molecule has 0 aromatic carbocycles. The first kappa shape index (κ1) is 13.4. The highest BCUT2D eigenvalue weighted by atomic mass is 35.7. The molecule has 1 heterocycles. The van der Waals surface area contributed by atoms with Gasteiger partial charge >= 0.3 is 0 Å². The zero-order valence-electron chi connectivity index (χ0n) is 9.56. The van der Waals surface area contributed by atoms with Gasteiger partial charge < -0.3 is 4.74 Å². The molecule has 8 heteroatoms. The van der Waals surface area contributed by atoms with Crippen molar-refractivity contribution in [2.45, 2.75) is 38.1 Å². The highest BCUT2D eigenvalue weighted by Crippen LogP contribution is 2.23. The molecule has 0 saturated carbocycles. The summed E-state index contributed by atoms with van der Waals surface area (Å²) in [7, 11) is 2.88. The van der Waals surface area contributed by atoms with Crippen molar-refractivity contribution in [3.63, 3.8) is 0 Å². The number of nitrogens with zero attached hydrogens (tertiary/aromatic N) is 3. The molecular formula is C8H14ClN3O3S. The maximum atomic E-state index is 11.3. The summed E-state index contributed by atoms with van der Waals surface area (Å²) in [5.41, 5.74) is -0.491. The van der Waals surface area contributed by atoms with E-state index in [1.165, 1.54) is 11.7 Å². The number of hydrogen-bond donors (Lipinski definition) is 0. The fraction of sp³-hybridized carbons (Fsp3) is 0.750. The molecule has 0 saturated heterocycles. The van der Waals surface area contributed by atoms with E-state index in [4.69, 9.17) is 15.4 Å². The van der Waals surface area contributed by atoms with Crippen molar-refractivity contribution < 1.29 is 13.2 Å². The molecule has 1 aromatic rings. The van der Waals surface area contributed by atoms with Crippen molar-refractivity contribution in [3.8, 4) is 0 Å². The quantitative estimate of drug-likeness (QED) is 0.767. The van der Waals surface area contributed by atoms with Crippen molar-refractivity contribution in [1.29, 1.82) is 0 Å². The zero-order chi connectivity index (χ0) is 12.6. The van der Waals surface area contributed by atoms with Gasteiger partial charge in [0.25, 0.3) is 14.2 Å². The first-order valence-electron chi connectivity index (χ1n) is 4.56. The van der Waals surface area contributed by atoms with E-state index in [1.807, 2.05) is 20.8 Å². The Balaban J connectivity index is 3.43. The van der Waals surface area contributed by atoms with Gasteiger partial charge in [-0.05, 0) is 20.8 Å². The minimum Gasteiger partial charge on any atom is -0.377 e. The van der Waals surface area contributed by atoms with Gasteiger partial charge in [0.15, 0.2) is 5.82 Å². The normalized spacial score (nSPS) is 13.1. The van der Waals surface area contributed by atoms with E-state index >= 15 is 0 Å². The zero-order valence-corrected chi connectivity index (χ0v) is 11.1. The van der Waals surface area contributed by atoms with Gasteiger partial charge in [0.2, 0.25) is 0 Å². The van der Waals surface area contributed by atoms with Gasteiger partial charge in [-0.3, -0.25) is 4.57 Å². The molecule has 0 aliphatic heterocycles. The van der Waals surface area contributed by atoms with Gasteiger partial charge in [-0.15, -0.1) is 10.2 Å². The van der Waals surface area contributed by atoms with Crippen molar-refractivity contribution in [2.75, 3.05) is 7.11 Å². The van der Waals surface area contributed by atoms with E-state index in [1.54, 1.807) is 0 Å². The summed E-state index contributed by atoms with van der Waals surface area (Å²) in [5, 5.41) is 7.09. The van der Waals surface area contributed by atoms with E-state index in [2.05, 4.69) is 10.2 Å². The fourth-order valence-electron chi connectivity index (χ4n) is 1.35. The summed E-state index contributed by atoms with van der Waals surface area (Å²) in [6.07, 6.45) is 0. The molecule has 0 spiro atoms. The van der Waals surface area contributed by atoms with Crippen LogP contribution in [0.1, 0.15) is 26.6 Å². The second-order valence-electron chi connectivity index (χ2n) is 4.28.